The van der Waals surface area contributed by atoms with Crippen LogP contribution in [-0.2, 0) is 23.9 Å². The fourth-order valence-corrected chi connectivity index (χ4v) is 6.27. The number of hydrogen-bond acceptors (Lipinski definition) is 7. The van der Waals surface area contributed by atoms with Gasteiger partial charge in [0.05, 0.1) is 0 Å². The average Bonchev–Trinajstić information content (AvgIpc) is 3.51. The first kappa shape index (κ1) is 27.4. The lowest BCUT2D eigenvalue weighted by molar-refractivity contribution is -0.171. The summed E-state index contributed by atoms with van der Waals surface area (Å²) in [5.41, 5.74) is 17.3. The number of rotatable bonds is 9. The Morgan fingerprint density at radius 1 is 0.667 bits per heavy atom. The monoisotopic (exact) mass is 562 g/mol. The Labute approximate surface area is 242 Å². The van der Waals surface area contributed by atoms with Gasteiger partial charge in [0.15, 0.2) is 0 Å². The number of hydrogen-bond donors (Lipinski definition) is 3. The Hall–Kier alpha value is -4.79. The highest BCUT2D eigenvalue weighted by molar-refractivity contribution is 6.08. The number of carbonyl (C=O) groups excluding carboxylic acids is 2. The Morgan fingerprint density at radius 2 is 1.02 bits per heavy atom. The van der Waals surface area contributed by atoms with Gasteiger partial charge in [-0.2, -0.15) is 0 Å². The van der Waals surface area contributed by atoms with E-state index in [2.05, 4.69) is 0 Å². The molecule has 0 amide bonds. The molecule has 0 bridgehead atoms. The van der Waals surface area contributed by atoms with Crippen molar-refractivity contribution in [2.45, 2.75) is 17.4 Å². The van der Waals surface area contributed by atoms with Gasteiger partial charge in [-0.15, -0.1) is 0 Å². The van der Waals surface area contributed by atoms with E-state index in [4.69, 9.17) is 20.9 Å². The molecule has 0 heterocycles. The van der Waals surface area contributed by atoms with E-state index in [-0.39, 0.29) is 25.0 Å². The average molecular weight is 563 g/mol. The molecule has 8 nitrogen and oxygen atoms in total. The number of carbonyl (C=O) groups is 3. The summed E-state index contributed by atoms with van der Waals surface area (Å²) in [6, 6.07) is 31.2. The minimum atomic E-state index is -2.74. The van der Waals surface area contributed by atoms with Gasteiger partial charge in [-0.1, -0.05) is 97.1 Å². The number of carboxylic acids is 1. The molecule has 6 rings (SSSR count). The molecule has 8 heteroatoms. The maximum atomic E-state index is 13.4. The minimum Gasteiger partial charge on any atom is -0.479 e. The maximum Gasteiger partial charge on any atom is 0.338 e. The van der Waals surface area contributed by atoms with Crippen molar-refractivity contribution >= 4 is 17.9 Å². The molecule has 2 aliphatic rings. The van der Waals surface area contributed by atoms with E-state index in [1.165, 1.54) is 0 Å². The SMILES string of the molecule is NCC(C(=O)OCC1c2ccccc2-c2ccccc21)C(N)(C(=O)O)C(=O)OCC1c2ccccc2-c2ccccc21. The summed E-state index contributed by atoms with van der Waals surface area (Å²) in [7, 11) is 0. The summed E-state index contributed by atoms with van der Waals surface area (Å²) in [6.45, 7) is -0.742. The first-order valence-corrected chi connectivity index (χ1v) is 13.8. The molecule has 0 radical (unpaired) electrons. The number of benzene rings is 4. The highest BCUT2D eigenvalue weighted by Crippen LogP contribution is 2.46. The second-order valence-corrected chi connectivity index (χ2v) is 10.6. The lowest BCUT2D eigenvalue weighted by Crippen LogP contribution is -2.65. The van der Waals surface area contributed by atoms with E-state index in [0.29, 0.717) is 0 Å². The standard InChI is InChI=1S/C34H30N2O6/c35-17-30(31(37)41-18-28-24-13-5-1-9-20(24)21-10-2-6-14-25(21)28)34(36,32(38)39)33(40)42-19-29-26-15-7-3-11-22(26)23-12-4-8-16-27(23)29/h1-16,28-30H,17-19,35-36H2,(H,38,39). The molecule has 5 N–H and O–H groups in total. The second-order valence-electron chi connectivity index (χ2n) is 10.6. The molecule has 0 aromatic heterocycles. The second kappa shape index (κ2) is 10.9. The van der Waals surface area contributed by atoms with Crippen LogP contribution in [0.25, 0.3) is 22.3 Å². The van der Waals surface area contributed by atoms with Gasteiger partial charge in [0.1, 0.15) is 19.1 Å². The van der Waals surface area contributed by atoms with E-state index in [1.54, 1.807) is 0 Å². The molecular weight excluding hydrogens is 532 g/mol. The molecule has 2 atom stereocenters. The van der Waals surface area contributed by atoms with Crippen LogP contribution in [0.4, 0.5) is 0 Å². The highest BCUT2D eigenvalue weighted by Gasteiger charge is 2.55. The maximum absolute atomic E-state index is 13.4. The van der Waals surface area contributed by atoms with Crippen molar-refractivity contribution < 1.29 is 29.0 Å². The third kappa shape index (κ3) is 4.36. The topological polar surface area (TPSA) is 142 Å². The fraction of sp³-hybridized carbons (Fsp3) is 0.206. The van der Waals surface area contributed by atoms with E-state index < -0.39 is 35.9 Å². The Balaban J connectivity index is 1.20. The first-order valence-electron chi connectivity index (χ1n) is 13.8. The molecule has 0 spiro atoms. The van der Waals surface area contributed by atoms with E-state index in [1.807, 2.05) is 97.1 Å². The molecule has 2 unspecified atom stereocenters. The molecule has 2 aliphatic carbocycles. The molecular formula is C34H30N2O6. The molecule has 4 aromatic rings. The number of aliphatic carboxylic acids is 1. The summed E-state index contributed by atoms with van der Waals surface area (Å²) < 4.78 is 11.2. The van der Waals surface area contributed by atoms with E-state index >= 15 is 0 Å². The molecule has 0 saturated heterocycles. The van der Waals surface area contributed by atoms with Crippen LogP contribution < -0.4 is 11.5 Å². The summed E-state index contributed by atoms with van der Waals surface area (Å²) in [5, 5.41) is 10.1. The lowest BCUT2D eigenvalue weighted by atomic mass is 9.84. The number of esters is 2. The van der Waals surface area contributed by atoms with Crippen molar-refractivity contribution in [1.29, 1.82) is 0 Å². The van der Waals surface area contributed by atoms with Gasteiger partial charge in [-0.25, -0.2) is 9.59 Å². The molecule has 0 aliphatic heterocycles. The molecule has 0 saturated carbocycles. The largest absolute Gasteiger partial charge is 0.479 e. The van der Waals surface area contributed by atoms with Crippen LogP contribution in [0.1, 0.15) is 34.1 Å². The van der Waals surface area contributed by atoms with Gasteiger partial charge < -0.3 is 26.0 Å². The third-order valence-electron chi connectivity index (χ3n) is 8.46. The van der Waals surface area contributed by atoms with Crippen molar-refractivity contribution in [2.24, 2.45) is 17.4 Å². The van der Waals surface area contributed by atoms with Gasteiger partial charge in [-0.05, 0) is 44.5 Å². The van der Waals surface area contributed by atoms with E-state index in [0.717, 1.165) is 44.5 Å². The Bertz CT molecular complexity index is 1610. The van der Waals surface area contributed by atoms with Crippen LogP contribution in [0.5, 0.6) is 0 Å². The number of ether oxygens (including phenoxy) is 2. The first-order chi connectivity index (χ1) is 20.4. The minimum absolute atomic E-state index is 0.0657. The van der Waals surface area contributed by atoms with E-state index in [9.17, 15) is 19.5 Å². The zero-order chi connectivity index (χ0) is 29.4. The van der Waals surface area contributed by atoms with Crippen molar-refractivity contribution in [3.05, 3.63) is 119 Å². The van der Waals surface area contributed by atoms with Crippen LogP contribution in [-0.4, -0.2) is 48.3 Å². The smallest absolute Gasteiger partial charge is 0.338 e. The lowest BCUT2D eigenvalue weighted by Gasteiger charge is -2.30. The third-order valence-corrected chi connectivity index (χ3v) is 8.46. The van der Waals surface area contributed by atoms with Crippen molar-refractivity contribution in [1.82, 2.24) is 0 Å². The van der Waals surface area contributed by atoms with Gasteiger partial charge in [0.25, 0.3) is 0 Å². The number of nitrogens with two attached hydrogens (primary N) is 2. The summed E-state index contributed by atoms with van der Waals surface area (Å²) in [6.07, 6.45) is 0. The van der Waals surface area contributed by atoms with Gasteiger partial charge >= 0.3 is 17.9 Å². The van der Waals surface area contributed by atoms with Crippen LogP contribution >= 0.6 is 0 Å². The summed E-state index contributed by atoms with van der Waals surface area (Å²) >= 11 is 0. The van der Waals surface area contributed by atoms with Gasteiger partial charge in [0, 0.05) is 18.4 Å². The predicted octanol–water partition coefficient (Wildman–Crippen LogP) is 4.05. The van der Waals surface area contributed by atoms with Crippen molar-refractivity contribution in [3.8, 4) is 22.3 Å². The molecule has 42 heavy (non-hydrogen) atoms. The Morgan fingerprint density at radius 3 is 1.38 bits per heavy atom. The highest BCUT2D eigenvalue weighted by atomic mass is 16.5. The van der Waals surface area contributed by atoms with Crippen LogP contribution in [0.3, 0.4) is 0 Å². The number of carboxylic acid groups (broad SMARTS) is 1. The van der Waals surface area contributed by atoms with Gasteiger partial charge in [-0.3, -0.25) is 4.79 Å². The van der Waals surface area contributed by atoms with Crippen LogP contribution in [0.15, 0.2) is 97.1 Å². The fourth-order valence-electron chi connectivity index (χ4n) is 6.27. The zero-order valence-electron chi connectivity index (χ0n) is 22.7. The Kier molecular flexibility index (Phi) is 7.10. The van der Waals surface area contributed by atoms with Crippen LogP contribution in [0, 0.1) is 5.92 Å². The number of fused-ring (bicyclic) bond motifs is 6. The molecule has 4 aromatic carbocycles. The normalized spacial score (nSPS) is 15.5. The van der Waals surface area contributed by atoms with Crippen molar-refractivity contribution in [2.75, 3.05) is 19.8 Å². The summed E-state index contributed by atoms with van der Waals surface area (Å²) in [4.78, 5) is 39.2. The molecule has 212 valence electrons. The zero-order valence-corrected chi connectivity index (χ0v) is 22.7. The van der Waals surface area contributed by atoms with Gasteiger partial charge in [0.2, 0.25) is 5.54 Å². The van der Waals surface area contributed by atoms with Crippen molar-refractivity contribution in [3.63, 3.8) is 0 Å². The molecule has 0 fully saturated rings. The summed E-state index contributed by atoms with van der Waals surface area (Å²) in [5.74, 6) is -6.18. The predicted molar refractivity (Wildman–Crippen MR) is 156 cm³/mol. The van der Waals surface area contributed by atoms with Crippen LogP contribution in [0.2, 0.25) is 0 Å². The quantitative estimate of drug-likeness (QED) is 0.205.